The van der Waals surface area contributed by atoms with Gasteiger partial charge in [-0.2, -0.15) is 5.10 Å². The zero-order valence-corrected chi connectivity index (χ0v) is 14.9. The van der Waals surface area contributed by atoms with Gasteiger partial charge in [-0.25, -0.2) is 4.68 Å². The Morgan fingerprint density at radius 1 is 1.23 bits per heavy atom. The maximum Gasteiger partial charge on any atom is 0.255 e. The minimum absolute atomic E-state index is 0.204. The van der Waals surface area contributed by atoms with Crippen LogP contribution in [0.1, 0.15) is 15.9 Å². The minimum atomic E-state index is -0.204. The second-order valence-corrected chi connectivity index (χ2v) is 6.02. The van der Waals surface area contributed by atoms with Crippen molar-refractivity contribution in [1.82, 2.24) is 9.78 Å². The van der Waals surface area contributed by atoms with Crippen LogP contribution in [-0.4, -0.2) is 22.8 Å². The molecule has 0 saturated heterocycles. The van der Waals surface area contributed by atoms with Crippen molar-refractivity contribution >= 4 is 23.2 Å². The number of hydrogen-bond acceptors (Lipinski definition) is 4. The number of rotatable bonds is 7. The lowest BCUT2D eigenvalue weighted by atomic mass is 10.1. The van der Waals surface area contributed by atoms with Gasteiger partial charge in [0, 0.05) is 17.7 Å². The molecule has 0 bridgehead atoms. The van der Waals surface area contributed by atoms with E-state index in [9.17, 15) is 4.79 Å². The van der Waals surface area contributed by atoms with E-state index in [0.717, 1.165) is 5.56 Å². The number of hydrogen-bond donors (Lipinski definition) is 1. The second kappa shape index (κ2) is 8.51. The van der Waals surface area contributed by atoms with E-state index in [2.05, 4.69) is 10.4 Å². The first kappa shape index (κ1) is 18.0. The van der Waals surface area contributed by atoms with Crippen LogP contribution >= 0.6 is 11.6 Å². The lowest BCUT2D eigenvalue weighted by molar-refractivity contribution is 0.102. The van der Waals surface area contributed by atoms with E-state index >= 15 is 0 Å². The van der Waals surface area contributed by atoms with Gasteiger partial charge in [0.05, 0.1) is 18.1 Å². The fourth-order valence-corrected chi connectivity index (χ4v) is 2.49. The van der Waals surface area contributed by atoms with Crippen molar-refractivity contribution in [3.8, 4) is 5.75 Å². The molecule has 0 aliphatic carbocycles. The van der Waals surface area contributed by atoms with Crippen LogP contribution in [0.2, 0.25) is 5.02 Å². The number of nitrogens with one attached hydrogen (secondary N) is 1. The van der Waals surface area contributed by atoms with Crippen LogP contribution in [0.5, 0.6) is 5.75 Å². The smallest absolute Gasteiger partial charge is 0.255 e. The molecule has 3 rings (SSSR count). The van der Waals surface area contributed by atoms with Gasteiger partial charge in [-0.15, -0.1) is 0 Å². The van der Waals surface area contributed by atoms with Gasteiger partial charge in [0.1, 0.15) is 19.1 Å². The summed E-state index contributed by atoms with van der Waals surface area (Å²) in [5, 5.41) is 7.50. The highest BCUT2D eigenvalue weighted by Gasteiger charge is 2.08. The zero-order chi connectivity index (χ0) is 18.4. The summed E-state index contributed by atoms with van der Waals surface area (Å²) in [5.41, 5.74) is 2.12. The topological polar surface area (TPSA) is 65.4 Å². The Kier molecular flexibility index (Phi) is 5.88. The van der Waals surface area contributed by atoms with E-state index in [4.69, 9.17) is 21.1 Å². The highest BCUT2D eigenvalue weighted by molar-refractivity contribution is 6.30. The summed E-state index contributed by atoms with van der Waals surface area (Å²) in [6.07, 6.45) is 3.28. The van der Waals surface area contributed by atoms with Crippen LogP contribution in [0.3, 0.4) is 0 Å². The number of ether oxygens (including phenoxy) is 2. The number of carbonyl (C=O) groups is 1. The summed E-state index contributed by atoms with van der Waals surface area (Å²) >= 11 is 5.93. The Labute approximate surface area is 156 Å². The molecule has 0 aliphatic heterocycles. The Morgan fingerprint density at radius 2 is 2.04 bits per heavy atom. The average molecular weight is 372 g/mol. The monoisotopic (exact) mass is 371 g/mol. The Hall–Kier alpha value is -2.83. The summed E-state index contributed by atoms with van der Waals surface area (Å²) in [7, 11) is 1.58. The Bertz CT molecular complexity index is 878. The molecule has 134 valence electrons. The summed E-state index contributed by atoms with van der Waals surface area (Å²) in [5.74, 6) is 0.497. The van der Waals surface area contributed by atoms with E-state index < -0.39 is 0 Å². The average Bonchev–Trinajstić information content (AvgIpc) is 3.08. The first-order valence-electron chi connectivity index (χ1n) is 7.94. The standard InChI is InChI=1S/C19H18ClN3O3/c1-25-13-23-11-17(10-21-23)22-19(24)15-7-5-14(6-8-15)12-26-18-4-2-3-16(20)9-18/h2-11H,12-13H2,1H3,(H,22,24). The van der Waals surface area contributed by atoms with Gasteiger partial charge in [-0.05, 0) is 35.9 Å². The molecule has 1 N–H and O–H groups in total. The Morgan fingerprint density at radius 3 is 2.77 bits per heavy atom. The van der Waals surface area contributed by atoms with Gasteiger partial charge >= 0.3 is 0 Å². The highest BCUT2D eigenvalue weighted by Crippen LogP contribution is 2.18. The molecule has 1 aromatic heterocycles. The molecule has 3 aromatic rings. The molecule has 0 unspecified atom stereocenters. The molecule has 26 heavy (non-hydrogen) atoms. The van der Waals surface area contributed by atoms with Crippen molar-refractivity contribution in [3.63, 3.8) is 0 Å². The molecule has 2 aromatic carbocycles. The number of carbonyl (C=O) groups excluding carboxylic acids is 1. The summed E-state index contributed by atoms with van der Waals surface area (Å²) in [4.78, 5) is 12.3. The van der Waals surface area contributed by atoms with Crippen LogP contribution in [0.15, 0.2) is 60.9 Å². The van der Waals surface area contributed by atoms with Gasteiger partial charge in [0.25, 0.3) is 5.91 Å². The molecule has 0 radical (unpaired) electrons. The van der Waals surface area contributed by atoms with E-state index in [0.29, 0.717) is 35.4 Å². The third kappa shape index (κ3) is 4.84. The van der Waals surface area contributed by atoms with Gasteiger partial charge in [0.15, 0.2) is 0 Å². The Balaban J connectivity index is 1.56. The molecular formula is C19H18ClN3O3. The largest absolute Gasteiger partial charge is 0.489 e. The third-order valence-electron chi connectivity index (χ3n) is 3.57. The molecule has 0 aliphatic rings. The quantitative estimate of drug-likeness (QED) is 0.682. The number of amides is 1. The number of methoxy groups -OCH3 is 1. The first-order valence-corrected chi connectivity index (χ1v) is 8.32. The third-order valence-corrected chi connectivity index (χ3v) is 3.81. The fraction of sp³-hybridized carbons (Fsp3) is 0.158. The molecule has 1 heterocycles. The second-order valence-electron chi connectivity index (χ2n) is 5.58. The van der Waals surface area contributed by atoms with Crippen molar-refractivity contribution in [2.24, 2.45) is 0 Å². The van der Waals surface area contributed by atoms with Crippen LogP contribution in [0.4, 0.5) is 5.69 Å². The van der Waals surface area contributed by atoms with Crippen molar-refractivity contribution in [2.75, 3.05) is 12.4 Å². The first-order chi connectivity index (χ1) is 12.6. The SMILES string of the molecule is COCn1cc(NC(=O)c2ccc(COc3cccc(Cl)c3)cc2)cn1. The molecule has 0 fully saturated rings. The van der Waals surface area contributed by atoms with E-state index in [-0.39, 0.29) is 5.91 Å². The number of anilines is 1. The molecule has 6 nitrogen and oxygen atoms in total. The van der Waals surface area contributed by atoms with Crippen LogP contribution in [-0.2, 0) is 18.1 Å². The van der Waals surface area contributed by atoms with Crippen LogP contribution in [0, 0.1) is 0 Å². The summed E-state index contributed by atoms with van der Waals surface area (Å²) in [6, 6.07) is 14.4. The van der Waals surface area contributed by atoms with Crippen molar-refractivity contribution < 1.29 is 14.3 Å². The molecule has 0 saturated carbocycles. The lowest BCUT2D eigenvalue weighted by Crippen LogP contribution is -2.11. The van der Waals surface area contributed by atoms with E-state index in [1.165, 1.54) is 0 Å². The van der Waals surface area contributed by atoms with Crippen molar-refractivity contribution in [1.29, 1.82) is 0 Å². The van der Waals surface area contributed by atoms with E-state index in [1.54, 1.807) is 48.5 Å². The maximum atomic E-state index is 12.3. The molecule has 0 spiro atoms. The van der Waals surface area contributed by atoms with E-state index in [1.807, 2.05) is 24.3 Å². The summed E-state index contributed by atoms with van der Waals surface area (Å²) < 4.78 is 12.2. The van der Waals surface area contributed by atoms with Gasteiger partial charge in [0.2, 0.25) is 0 Å². The molecule has 1 amide bonds. The van der Waals surface area contributed by atoms with Gasteiger partial charge in [-0.3, -0.25) is 4.79 Å². The van der Waals surface area contributed by atoms with Crippen molar-refractivity contribution in [2.45, 2.75) is 13.3 Å². The number of aromatic nitrogens is 2. The highest BCUT2D eigenvalue weighted by atomic mass is 35.5. The van der Waals surface area contributed by atoms with Gasteiger partial charge < -0.3 is 14.8 Å². The maximum absolute atomic E-state index is 12.3. The predicted octanol–water partition coefficient (Wildman–Crippen LogP) is 3.97. The van der Waals surface area contributed by atoms with Crippen molar-refractivity contribution in [3.05, 3.63) is 77.1 Å². The van der Waals surface area contributed by atoms with Gasteiger partial charge in [-0.1, -0.05) is 29.8 Å². The zero-order valence-electron chi connectivity index (χ0n) is 14.2. The minimum Gasteiger partial charge on any atom is -0.489 e. The molecule has 7 heteroatoms. The lowest BCUT2D eigenvalue weighted by Gasteiger charge is -2.07. The molecule has 0 atom stereocenters. The number of nitrogens with zero attached hydrogens (tertiary/aromatic N) is 2. The predicted molar refractivity (Wildman–Crippen MR) is 99.4 cm³/mol. The van der Waals surface area contributed by atoms with Crippen LogP contribution < -0.4 is 10.1 Å². The summed E-state index contributed by atoms with van der Waals surface area (Å²) in [6.45, 7) is 0.725. The van der Waals surface area contributed by atoms with Crippen LogP contribution in [0.25, 0.3) is 0 Å². The number of halogens is 1. The fourth-order valence-electron chi connectivity index (χ4n) is 2.31. The molecular weight excluding hydrogens is 354 g/mol. The number of benzene rings is 2. The normalized spacial score (nSPS) is 10.5.